The van der Waals surface area contributed by atoms with Crippen molar-refractivity contribution >= 4 is 15.9 Å². The van der Waals surface area contributed by atoms with E-state index < -0.39 is 0 Å². The maximum Gasteiger partial charge on any atom is 0.213 e. The van der Waals surface area contributed by atoms with E-state index in [9.17, 15) is 0 Å². The van der Waals surface area contributed by atoms with Crippen molar-refractivity contribution in [3.63, 3.8) is 0 Å². The molecule has 1 N–H and O–H groups in total. The molecule has 0 spiro atoms. The van der Waals surface area contributed by atoms with Gasteiger partial charge in [0.05, 0.1) is 0 Å². The van der Waals surface area contributed by atoms with E-state index in [4.69, 9.17) is 4.74 Å². The predicted molar refractivity (Wildman–Crippen MR) is 84.7 cm³/mol. The Morgan fingerprint density at radius 3 is 2.75 bits per heavy atom. The highest BCUT2D eigenvalue weighted by atomic mass is 79.9. The molecule has 0 unspecified atom stereocenters. The van der Waals surface area contributed by atoms with Crippen molar-refractivity contribution in [3.05, 3.63) is 58.2 Å². The van der Waals surface area contributed by atoms with Crippen LogP contribution in [0.1, 0.15) is 24.5 Å². The molecular weight excluding hydrogens is 316 g/mol. The lowest BCUT2D eigenvalue weighted by Gasteiger charge is -2.08. The van der Waals surface area contributed by atoms with Crippen LogP contribution in [-0.2, 0) is 13.2 Å². The average molecular weight is 335 g/mol. The zero-order valence-corrected chi connectivity index (χ0v) is 13.2. The number of halogens is 1. The third kappa shape index (κ3) is 4.62. The Morgan fingerprint density at radius 1 is 1.20 bits per heavy atom. The zero-order valence-electron chi connectivity index (χ0n) is 11.6. The van der Waals surface area contributed by atoms with Crippen molar-refractivity contribution in [2.45, 2.75) is 26.5 Å². The molecule has 0 fully saturated rings. The molecule has 2 rings (SSSR count). The van der Waals surface area contributed by atoms with Crippen LogP contribution in [0, 0.1) is 0 Å². The SMILES string of the molecule is CCCNCc1ccc(OCc2ccccc2Br)nc1. The second kappa shape index (κ2) is 8.02. The van der Waals surface area contributed by atoms with Crippen LogP contribution < -0.4 is 10.1 Å². The summed E-state index contributed by atoms with van der Waals surface area (Å²) in [6.45, 7) is 4.55. The van der Waals surface area contributed by atoms with Gasteiger partial charge in [-0.2, -0.15) is 0 Å². The molecule has 0 amide bonds. The third-order valence-electron chi connectivity index (χ3n) is 2.89. The van der Waals surface area contributed by atoms with E-state index in [1.54, 1.807) is 0 Å². The fraction of sp³-hybridized carbons (Fsp3) is 0.312. The van der Waals surface area contributed by atoms with Crippen molar-refractivity contribution in [1.82, 2.24) is 10.3 Å². The summed E-state index contributed by atoms with van der Waals surface area (Å²) < 4.78 is 6.75. The molecule has 0 atom stereocenters. The standard InChI is InChI=1S/C16H19BrN2O/c1-2-9-18-10-13-7-8-16(19-11-13)20-12-14-5-3-4-6-15(14)17/h3-8,11,18H,2,9-10,12H2,1H3. The highest BCUT2D eigenvalue weighted by molar-refractivity contribution is 9.10. The van der Waals surface area contributed by atoms with Gasteiger partial charge in [-0.15, -0.1) is 0 Å². The number of benzene rings is 1. The quantitative estimate of drug-likeness (QED) is 0.779. The Kier molecular flexibility index (Phi) is 6.02. The number of nitrogens with one attached hydrogen (secondary N) is 1. The second-order valence-corrected chi connectivity index (χ2v) is 5.42. The van der Waals surface area contributed by atoms with Crippen LogP contribution in [0.2, 0.25) is 0 Å². The topological polar surface area (TPSA) is 34.1 Å². The molecule has 20 heavy (non-hydrogen) atoms. The Bertz CT molecular complexity index is 528. The van der Waals surface area contributed by atoms with Crippen LogP contribution in [0.5, 0.6) is 5.88 Å². The lowest BCUT2D eigenvalue weighted by atomic mass is 10.2. The molecule has 106 valence electrons. The van der Waals surface area contributed by atoms with Crippen LogP contribution in [0.15, 0.2) is 47.1 Å². The average Bonchev–Trinajstić information content (AvgIpc) is 2.48. The van der Waals surface area contributed by atoms with E-state index in [0.717, 1.165) is 29.5 Å². The largest absolute Gasteiger partial charge is 0.473 e. The van der Waals surface area contributed by atoms with E-state index in [0.29, 0.717) is 12.5 Å². The summed E-state index contributed by atoms with van der Waals surface area (Å²) in [7, 11) is 0. The number of hydrogen-bond acceptors (Lipinski definition) is 3. The fourth-order valence-electron chi connectivity index (χ4n) is 1.78. The molecule has 0 aliphatic carbocycles. The molecule has 0 bridgehead atoms. The first-order chi connectivity index (χ1) is 9.79. The Labute approximate surface area is 128 Å². The highest BCUT2D eigenvalue weighted by Gasteiger charge is 2.01. The van der Waals surface area contributed by atoms with Crippen LogP contribution >= 0.6 is 15.9 Å². The minimum Gasteiger partial charge on any atom is -0.473 e. The minimum absolute atomic E-state index is 0.516. The van der Waals surface area contributed by atoms with Gasteiger partial charge in [0.2, 0.25) is 5.88 Å². The molecule has 1 aromatic heterocycles. The van der Waals surface area contributed by atoms with Gasteiger partial charge in [-0.3, -0.25) is 0 Å². The van der Waals surface area contributed by atoms with Crippen molar-refractivity contribution in [1.29, 1.82) is 0 Å². The predicted octanol–water partition coefficient (Wildman–Crippen LogP) is 3.92. The maximum atomic E-state index is 5.69. The van der Waals surface area contributed by atoms with Crippen LogP contribution in [0.4, 0.5) is 0 Å². The molecule has 3 nitrogen and oxygen atoms in total. The monoisotopic (exact) mass is 334 g/mol. The van der Waals surface area contributed by atoms with Gasteiger partial charge in [-0.05, 0) is 24.6 Å². The molecule has 4 heteroatoms. The van der Waals surface area contributed by atoms with Gasteiger partial charge < -0.3 is 10.1 Å². The first-order valence-corrected chi connectivity index (χ1v) is 7.60. The Hall–Kier alpha value is -1.39. The second-order valence-electron chi connectivity index (χ2n) is 4.56. The summed E-state index contributed by atoms with van der Waals surface area (Å²) in [4.78, 5) is 4.32. The molecular formula is C16H19BrN2O. The van der Waals surface area contributed by atoms with Crippen molar-refractivity contribution < 1.29 is 4.74 Å². The van der Waals surface area contributed by atoms with Gasteiger partial charge in [-0.1, -0.05) is 47.1 Å². The normalized spacial score (nSPS) is 10.5. The summed E-state index contributed by atoms with van der Waals surface area (Å²) >= 11 is 3.51. The van der Waals surface area contributed by atoms with E-state index >= 15 is 0 Å². The highest BCUT2D eigenvalue weighted by Crippen LogP contribution is 2.18. The molecule has 0 saturated heterocycles. The Balaban J connectivity index is 1.86. The number of pyridine rings is 1. The third-order valence-corrected chi connectivity index (χ3v) is 3.66. The van der Waals surface area contributed by atoms with E-state index in [1.165, 1.54) is 5.56 Å². The van der Waals surface area contributed by atoms with E-state index in [1.807, 2.05) is 42.6 Å². The van der Waals surface area contributed by atoms with Gasteiger partial charge in [0.15, 0.2) is 0 Å². The molecule has 0 aliphatic rings. The van der Waals surface area contributed by atoms with Crippen LogP contribution in [-0.4, -0.2) is 11.5 Å². The molecule has 0 saturated carbocycles. The van der Waals surface area contributed by atoms with Crippen LogP contribution in [0.25, 0.3) is 0 Å². The van der Waals surface area contributed by atoms with E-state index in [-0.39, 0.29) is 0 Å². The van der Waals surface area contributed by atoms with Gasteiger partial charge in [0, 0.05) is 28.8 Å². The summed E-state index contributed by atoms with van der Waals surface area (Å²) in [6.07, 6.45) is 3.00. The molecule has 0 radical (unpaired) electrons. The Morgan fingerprint density at radius 2 is 2.05 bits per heavy atom. The lowest BCUT2D eigenvalue weighted by Crippen LogP contribution is -2.13. The summed E-state index contributed by atoms with van der Waals surface area (Å²) in [5.41, 5.74) is 2.29. The van der Waals surface area contributed by atoms with Gasteiger partial charge in [-0.25, -0.2) is 4.98 Å². The summed E-state index contributed by atoms with van der Waals surface area (Å²) in [5, 5.41) is 3.35. The minimum atomic E-state index is 0.516. The van der Waals surface area contributed by atoms with Crippen molar-refractivity contribution in [2.24, 2.45) is 0 Å². The first-order valence-electron chi connectivity index (χ1n) is 6.81. The number of ether oxygens (including phenoxy) is 1. The number of nitrogens with zero attached hydrogens (tertiary/aromatic N) is 1. The number of hydrogen-bond donors (Lipinski definition) is 1. The van der Waals surface area contributed by atoms with Gasteiger partial charge >= 0.3 is 0 Å². The smallest absolute Gasteiger partial charge is 0.213 e. The number of aromatic nitrogens is 1. The molecule has 2 aromatic rings. The first kappa shape index (κ1) is 15.0. The molecule has 1 aromatic carbocycles. The van der Waals surface area contributed by atoms with Crippen LogP contribution in [0.3, 0.4) is 0 Å². The van der Waals surface area contributed by atoms with Gasteiger partial charge in [0.25, 0.3) is 0 Å². The maximum absolute atomic E-state index is 5.69. The van der Waals surface area contributed by atoms with Crippen molar-refractivity contribution in [2.75, 3.05) is 6.54 Å². The number of rotatable bonds is 7. The molecule has 0 aliphatic heterocycles. The lowest BCUT2D eigenvalue weighted by molar-refractivity contribution is 0.293. The van der Waals surface area contributed by atoms with Crippen molar-refractivity contribution in [3.8, 4) is 5.88 Å². The zero-order chi connectivity index (χ0) is 14.2. The fourth-order valence-corrected chi connectivity index (χ4v) is 2.18. The summed E-state index contributed by atoms with van der Waals surface area (Å²) in [5.74, 6) is 0.653. The molecule has 1 heterocycles. The van der Waals surface area contributed by atoms with Gasteiger partial charge in [0.1, 0.15) is 6.61 Å². The van der Waals surface area contributed by atoms with E-state index in [2.05, 4.69) is 33.2 Å². The summed E-state index contributed by atoms with van der Waals surface area (Å²) in [6, 6.07) is 12.0.